The fourth-order valence-electron chi connectivity index (χ4n) is 9.23. The van der Waals surface area contributed by atoms with Gasteiger partial charge in [0.25, 0.3) is 10.1 Å². The van der Waals surface area contributed by atoms with Crippen molar-refractivity contribution in [2.24, 2.45) is 0 Å². The van der Waals surface area contributed by atoms with Crippen molar-refractivity contribution in [1.82, 2.24) is 0 Å². The number of fused-ring (bicyclic) bond motifs is 2. The number of benzene rings is 3. The summed E-state index contributed by atoms with van der Waals surface area (Å²) >= 11 is 1.67. The Morgan fingerprint density at radius 2 is 1.45 bits per heavy atom. The maximum Gasteiger partial charge on any atom is 0.307 e. The van der Waals surface area contributed by atoms with Gasteiger partial charge in [0.15, 0.2) is 12.3 Å². The molecule has 6 rings (SSSR count). The second-order valence-corrected chi connectivity index (χ2v) is 25.0. The molecule has 14 heteroatoms. The third kappa shape index (κ3) is 11.8. The van der Waals surface area contributed by atoms with Crippen LogP contribution in [-0.4, -0.2) is 126 Å². The molecule has 3 aliphatic rings. The van der Waals surface area contributed by atoms with Crippen molar-refractivity contribution in [3.63, 3.8) is 0 Å². The molecule has 3 aromatic rings. The van der Waals surface area contributed by atoms with Crippen LogP contribution in [0.5, 0.6) is 0 Å². The summed E-state index contributed by atoms with van der Waals surface area (Å²) in [6.45, 7) is 12.0. The quantitative estimate of drug-likeness (QED) is 0.0525. The molecule has 1 unspecified atom stereocenters. The molecule has 350 valence electrons. The molecule has 0 spiro atoms. The van der Waals surface area contributed by atoms with Crippen molar-refractivity contribution >= 4 is 60.6 Å². The third-order valence-electron chi connectivity index (χ3n) is 12.7. The Balaban J connectivity index is 1.49. The van der Waals surface area contributed by atoms with E-state index in [0.29, 0.717) is 4.90 Å². The van der Waals surface area contributed by atoms with E-state index in [4.69, 9.17) is 0 Å². The van der Waals surface area contributed by atoms with E-state index in [1.807, 2.05) is 42.5 Å². The Morgan fingerprint density at radius 1 is 0.815 bits per heavy atom. The summed E-state index contributed by atoms with van der Waals surface area (Å²) in [7, 11) is 5.26. The summed E-state index contributed by atoms with van der Waals surface area (Å²) in [6.07, 6.45) is 13.3. The van der Waals surface area contributed by atoms with Crippen molar-refractivity contribution in [3.05, 3.63) is 123 Å². The molecule has 1 aliphatic carbocycles. The molecule has 0 aromatic heterocycles. The third-order valence-corrected chi connectivity index (χ3v) is 15.7. The highest BCUT2D eigenvalue weighted by atomic mass is 32.2. The zero-order valence-corrected chi connectivity index (χ0v) is 42.3. The molecule has 3 N–H and O–H groups in total. The van der Waals surface area contributed by atoms with Gasteiger partial charge in [0.2, 0.25) is 5.69 Å². The van der Waals surface area contributed by atoms with Gasteiger partial charge in [-0.15, -0.1) is 0 Å². The zero-order valence-electron chi connectivity index (χ0n) is 39.8. The van der Waals surface area contributed by atoms with Crippen LogP contribution in [0.4, 0.5) is 11.4 Å². The van der Waals surface area contributed by atoms with Crippen molar-refractivity contribution in [3.8, 4) is 0 Å². The number of carbonyl (C=O) groups is 1. The lowest BCUT2D eigenvalue weighted by Gasteiger charge is -2.29. The van der Waals surface area contributed by atoms with Gasteiger partial charge in [0, 0.05) is 57.3 Å². The van der Waals surface area contributed by atoms with Gasteiger partial charge in [-0.25, -0.2) is 4.21 Å². The Kier molecular flexibility index (Phi) is 14.5. The van der Waals surface area contributed by atoms with Gasteiger partial charge in [0.1, 0.15) is 9.80 Å². The lowest BCUT2D eigenvalue weighted by Crippen LogP contribution is -2.37. The summed E-state index contributed by atoms with van der Waals surface area (Å²) in [6, 6.07) is 18.2. The highest BCUT2D eigenvalue weighted by Crippen LogP contribution is 2.50. The number of aliphatic carboxylic acids is 1. The van der Waals surface area contributed by atoms with E-state index < -0.39 is 36.7 Å². The molecule has 65 heavy (non-hydrogen) atoms. The number of hydrogen-bond acceptors (Lipinski definition) is 6. The smallest absolute Gasteiger partial charge is 0.307 e. The van der Waals surface area contributed by atoms with E-state index in [1.54, 1.807) is 23.9 Å². The van der Waals surface area contributed by atoms with Crippen LogP contribution in [0.3, 0.4) is 0 Å². The number of thioether (sulfide) groups is 1. The van der Waals surface area contributed by atoms with Gasteiger partial charge in [-0.1, -0.05) is 49.9 Å². The van der Waals surface area contributed by atoms with Crippen molar-refractivity contribution in [1.29, 1.82) is 0 Å². The second-order valence-electron chi connectivity index (χ2n) is 20.7. The normalized spacial score (nSPS) is 19.7. The average molecular weight is 946 g/mol. The summed E-state index contributed by atoms with van der Waals surface area (Å²) in [5, 5.41) is 9.45. The Hall–Kier alpha value is -4.28. The topological polar surface area (TPSA) is 135 Å². The molecule has 11 nitrogen and oxygen atoms in total. The van der Waals surface area contributed by atoms with Crippen LogP contribution in [0.25, 0.3) is 0 Å². The summed E-state index contributed by atoms with van der Waals surface area (Å²) < 4.78 is 61.9. The number of carboxylic acid groups (broad SMARTS) is 1. The van der Waals surface area contributed by atoms with Gasteiger partial charge >= 0.3 is 5.97 Å². The van der Waals surface area contributed by atoms with E-state index in [9.17, 15) is 31.6 Å². The average Bonchev–Trinajstić information content (AvgIpc) is 3.53. The minimum Gasteiger partial charge on any atom is -0.481 e. The summed E-state index contributed by atoms with van der Waals surface area (Å²) in [4.78, 5) is 16.1. The van der Waals surface area contributed by atoms with E-state index in [-0.39, 0.29) is 11.3 Å². The predicted molar refractivity (Wildman–Crippen MR) is 267 cm³/mol. The number of nitrogens with zero attached hydrogens (tertiary/aromatic N) is 4. The lowest BCUT2D eigenvalue weighted by molar-refractivity contribution is -0.871. The molecule has 3 aromatic carbocycles. The van der Waals surface area contributed by atoms with Crippen LogP contribution >= 0.6 is 11.8 Å². The molecule has 0 radical (unpaired) electrons. The predicted octanol–water partition coefficient (Wildman–Crippen LogP) is 9.07. The SMILES string of the molecule is C=S(=O)(O)c1ccc2c(c1)C(C)(C)C(C=CC1=C(Sc3ccc(CC(=O)O)cc3)C(=CC=C3N(CCC[N+](C)(C)C)c4ccc(S(=O)(=O)O)cc4C3(C)C)CCC1)=[N+]2CCC[N+](C)(C)C. The summed E-state index contributed by atoms with van der Waals surface area (Å²) in [5.41, 5.74) is 7.93. The van der Waals surface area contributed by atoms with E-state index in [0.717, 1.165) is 122 Å². The van der Waals surface area contributed by atoms with E-state index in [2.05, 4.69) is 110 Å². The van der Waals surface area contributed by atoms with Crippen molar-refractivity contribution < 1.29 is 45.2 Å². The molecule has 1 atom stereocenters. The van der Waals surface area contributed by atoms with Crippen LogP contribution in [0.1, 0.15) is 76.5 Å². The van der Waals surface area contributed by atoms with Crippen molar-refractivity contribution in [2.45, 2.75) is 91.7 Å². The Bertz CT molecular complexity index is 2730. The zero-order chi connectivity index (χ0) is 47.9. The largest absolute Gasteiger partial charge is 0.481 e. The first-order valence-corrected chi connectivity index (χ1v) is 26.2. The summed E-state index contributed by atoms with van der Waals surface area (Å²) in [5.74, 6) is 2.68. The fourth-order valence-corrected chi connectivity index (χ4v) is 11.4. The van der Waals surface area contributed by atoms with Crippen LogP contribution < -0.4 is 4.90 Å². The van der Waals surface area contributed by atoms with Crippen LogP contribution in [0, 0.1) is 0 Å². The molecule has 0 amide bonds. The highest BCUT2D eigenvalue weighted by Gasteiger charge is 2.45. The van der Waals surface area contributed by atoms with E-state index in [1.165, 1.54) is 11.6 Å². The molecule has 0 bridgehead atoms. The lowest BCUT2D eigenvalue weighted by atomic mass is 9.81. The number of anilines is 1. The second kappa shape index (κ2) is 18.8. The van der Waals surface area contributed by atoms with Crippen LogP contribution in [0.2, 0.25) is 0 Å². The van der Waals surface area contributed by atoms with Gasteiger partial charge in [0.05, 0.1) is 83.4 Å². The van der Waals surface area contributed by atoms with E-state index >= 15 is 0 Å². The molecule has 0 saturated carbocycles. The molecule has 0 fully saturated rings. The molecule has 2 heterocycles. The number of rotatable bonds is 17. The van der Waals surface area contributed by atoms with Gasteiger partial charge < -0.3 is 23.5 Å². The van der Waals surface area contributed by atoms with Crippen LogP contribution in [-0.2, 0) is 42.0 Å². The first-order chi connectivity index (χ1) is 30.1. The Morgan fingerprint density at radius 3 is 2.06 bits per heavy atom. The minimum atomic E-state index is -4.41. The maximum absolute atomic E-state index is 12.8. The van der Waals surface area contributed by atoms with Crippen LogP contribution in [0.15, 0.2) is 121 Å². The monoisotopic (exact) mass is 945 g/mol. The van der Waals surface area contributed by atoms with Gasteiger partial charge in [-0.3, -0.25) is 9.35 Å². The van der Waals surface area contributed by atoms with Crippen molar-refractivity contribution in [2.75, 3.05) is 73.4 Å². The fraction of sp³-hybridized carbons (Fsp3) is 0.431. The molecule has 2 aliphatic heterocycles. The number of allylic oxidation sites excluding steroid dienone is 7. The number of quaternary nitrogens is 2. The minimum absolute atomic E-state index is 0.0523. The standard InChI is InChI=1S/C51H66N4O7S3/c1-50(2)42-34-40(64(11,58)59)23-25-44(42)52(29-13-31-54(5,6)7)46(50)27-19-37-15-12-16-38(49(37)63-39-21-17-36(18-22-39)33-48(56)57)20-28-47-51(3,4)43-35-41(65(60,61)62)24-26-45(43)53(47)30-14-32-55(8,9)10/h17-28,34-35H,11-16,29-33H2,1-10H3/p+3. The first kappa shape index (κ1) is 50.1. The Labute approximate surface area is 392 Å². The molecular weight excluding hydrogens is 877 g/mol. The molecule has 0 saturated heterocycles. The number of carboxylic acids is 1. The highest BCUT2D eigenvalue weighted by molar-refractivity contribution is 8.03. The maximum atomic E-state index is 12.8. The van der Waals surface area contributed by atoms with Gasteiger partial charge in [-0.2, -0.15) is 13.0 Å². The molecular formula is C51H69N4O7S3+3. The first-order valence-electron chi connectivity index (χ1n) is 22.3. The number of hydrogen-bond donors (Lipinski definition) is 3. The van der Waals surface area contributed by atoms with Gasteiger partial charge in [-0.05, 0) is 110 Å².